The summed E-state index contributed by atoms with van der Waals surface area (Å²) in [5, 5.41) is 0. The summed E-state index contributed by atoms with van der Waals surface area (Å²) in [5.41, 5.74) is 8.11. The highest BCUT2D eigenvalue weighted by Crippen LogP contribution is 2.30. The quantitative estimate of drug-likeness (QED) is 0.908. The molecule has 0 bridgehead atoms. The van der Waals surface area contributed by atoms with Crippen molar-refractivity contribution in [2.45, 2.75) is 18.4 Å². The molecule has 0 radical (unpaired) electrons. The van der Waals surface area contributed by atoms with Gasteiger partial charge in [0, 0.05) is 25.0 Å². The number of hydrogen-bond acceptors (Lipinski definition) is 2. The van der Waals surface area contributed by atoms with Gasteiger partial charge in [0.2, 0.25) is 0 Å². The van der Waals surface area contributed by atoms with E-state index < -0.39 is 0 Å². The minimum Gasteiger partial charge on any atom is -0.367 e. The van der Waals surface area contributed by atoms with E-state index in [1.165, 1.54) is 11.6 Å². The summed E-state index contributed by atoms with van der Waals surface area (Å²) in [4.78, 5) is 2.07. The van der Waals surface area contributed by atoms with Gasteiger partial charge in [-0.15, -0.1) is 0 Å². The van der Waals surface area contributed by atoms with Crippen LogP contribution >= 0.6 is 0 Å². The first-order valence-electron chi connectivity index (χ1n) is 7.04. The topological polar surface area (TPSA) is 29.3 Å². The summed E-state index contributed by atoms with van der Waals surface area (Å²) >= 11 is 0. The molecule has 0 aliphatic carbocycles. The fourth-order valence-corrected chi connectivity index (χ4v) is 3.01. The van der Waals surface area contributed by atoms with Gasteiger partial charge in [-0.2, -0.15) is 0 Å². The first-order valence-corrected chi connectivity index (χ1v) is 7.04. The van der Waals surface area contributed by atoms with E-state index in [0.29, 0.717) is 18.2 Å². The van der Waals surface area contributed by atoms with Gasteiger partial charge < -0.3 is 10.6 Å². The highest BCUT2D eigenvalue weighted by Gasteiger charge is 2.27. The highest BCUT2D eigenvalue weighted by molar-refractivity contribution is 5.49. The molecular weight excluding hydrogens is 251 g/mol. The molecule has 2 aromatic carbocycles. The molecule has 0 spiro atoms. The van der Waals surface area contributed by atoms with Gasteiger partial charge >= 0.3 is 0 Å². The van der Waals surface area contributed by atoms with E-state index in [4.69, 9.17) is 5.73 Å². The van der Waals surface area contributed by atoms with Crippen LogP contribution in [0.5, 0.6) is 0 Å². The second-order valence-corrected chi connectivity index (χ2v) is 5.46. The summed E-state index contributed by atoms with van der Waals surface area (Å²) in [6, 6.07) is 17.4. The Morgan fingerprint density at radius 2 is 1.65 bits per heavy atom. The summed E-state index contributed by atoms with van der Waals surface area (Å²) < 4.78 is 13.9. The second kappa shape index (κ2) is 5.63. The predicted octanol–water partition coefficient (Wildman–Crippen LogP) is 3.15. The zero-order chi connectivity index (χ0) is 13.9. The molecule has 1 fully saturated rings. The zero-order valence-corrected chi connectivity index (χ0v) is 11.4. The molecule has 104 valence electrons. The van der Waals surface area contributed by atoms with Crippen LogP contribution in [0, 0.1) is 5.82 Å². The SMILES string of the molecule is NC1CC(c2ccccc2)CN(c2ccccc2F)C1. The van der Waals surface area contributed by atoms with Crippen molar-refractivity contribution in [1.82, 2.24) is 0 Å². The third-order valence-electron chi connectivity index (χ3n) is 3.95. The van der Waals surface area contributed by atoms with E-state index in [-0.39, 0.29) is 11.9 Å². The van der Waals surface area contributed by atoms with Crippen LogP contribution < -0.4 is 10.6 Å². The van der Waals surface area contributed by atoms with Crippen LogP contribution in [0.3, 0.4) is 0 Å². The second-order valence-electron chi connectivity index (χ2n) is 5.46. The number of para-hydroxylation sites is 1. The maximum Gasteiger partial charge on any atom is 0.146 e. The Morgan fingerprint density at radius 3 is 2.40 bits per heavy atom. The van der Waals surface area contributed by atoms with Crippen LogP contribution in [-0.2, 0) is 0 Å². The molecule has 0 saturated carbocycles. The van der Waals surface area contributed by atoms with E-state index >= 15 is 0 Å². The molecule has 2 aromatic rings. The average Bonchev–Trinajstić information content (AvgIpc) is 2.48. The fraction of sp³-hybridized carbons (Fsp3) is 0.294. The molecule has 1 aliphatic rings. The van der Waals surface area contributed by atoms with Gasteiger partial charge in [0.25, 0.3) is 0 Å². The summed E-state index contributed by atoms with van der Waals surface area (Å²) in [7, 11) is 0. The molecule has 3 heteroatoms. The van der Waals surface area contributed by atoms with E-state index in [9.17, 15) is 4.39 Å². The molecular formula is C17H19FN2. The first-order chi connectivity index (χ1) is 9.74. The predicted molar refractivity (Wildman–Crippen MR) is 80.4 cm³/mol. The van der Waals surface area contributed by atoms with Crippen molar-refractivity contribution in [2.75, 3.05) is 18.0 Å². The van der Waals surface area contributed by atoms with Crippen LogP contribution in [-0.4, -0.2) is 19.1 Å². The van der Waals surface area contributed by atoms with Crippen LogP contribution in [0.15, 0.2) is 54.6 Å². The number of piperidine rings is 1. The number of nitrogens with zero attached hydrogens (tertiary/aromatic N) is 1. The van der Waals surface area contributed by atoms with Crippen molar-refractivity contribution in [2.24, 2.45) is 5.73 Å². The van der Waals surface area contributed by atoms with Crippen LogP contribution in [0.1, 0.15) is 17.9 Å². The standard InChI is InChI=1S/C17H19FN2/c18-16-8-4-5-9-17(16)20-11-14(10-15(19)12-20)13-6-2-1-3-7-13/h1-9,14-15H,10-12,19H2. The van der Waals surface area contributed by atoms with Crippen LogP contribution in [0.25, 0.3) is 0 Å². The third-order valence-corrected chi connectivity index (χ3v) is 3.95. The third kappa shape index (κ3) is 2.68. The lowest BCUT2D eigenvalue weighted by molar-refractivity contribution is 0.449. The number of hydrogen-bond donors (Lipinski definition) is 1. The molecule has 2 nitrogen and oxygen atoms in total. The van der Waals surface area contributed by atoms with Crippen molar-refractivity contribution in [3.63, 3.8) is 0 Å². The number of anilines is 1. The van der Waals surface area contributed by atoms with Gasteiger partial charge in [-0.05, 0) is 24.1 Å². The molecule has 3 rings (SSSR count). The van der Waals surface area contributed by atoms with Gasteiger partial charge in [0.1, 0.15) is 5.82 Å². The molecule has 1 aliphatic heterocycles. The Hall–Kier alpha value is -1.87. The van der Waals surface area contributed by atoms with Gasteiger partial charge in [0.05, 0.1) is 5.69 Å². The minimum atomic E-state index is -0.173. The van der Waals surface area contributed by atoms with E-state index in [0.717, 1.165) is 13.0 Å². The summed E-state index contributed by atoms with van der Waals surface area (Å²) in [6.07, 6.45) is 0.953. The normalized spacial score (nSPS) is 22.8. The molecule has 2 unspecified atom stereocenters. The van der Waals surface area contributed by atoms with Gasteiger partial charge in [-0.25, -0.2) is 4.39 Å². The zero-order valence-electron chi connectivity index (χ0n) is 11.4. The lowest BCUT2D eigenvalue weighted by Gasteiger charge is -2.38. The summed E-state index contributed by atoms with van der Waals surface area (Å²) in [5.74, 6) is 0.188. The van der Waals surface area contributed by atoms with Crippen molar-refractivity contribution in [3.8, 4) is 0 Å². The molecule has 0 aromatic heterocycles. The number of benzene rings is 2. The Bertz CT molecular complexity index is 570. The Labute approximate surface area is 119 Å². The molecule has 2 atom stereocenters. The van der Waals surface area contributed by atoms with Crippen LogP contribution in [0.4, 0.5) is 10.1 Å². The maximum atomic E-state index is 13.9. The van der Waals surface area contributed by atoms with E-state index in [1.807, 2.05) is 30.3 Å². The lowest BCUT2D eigenvalue weighted by atomic mass is 9.88. The fourth-order valence-electron chi connectivity index (χ4n) is 3.01. The van der Waals surface area contributed by atoms with Gasteiger partial charge in [-0.3, -0.25) is 0 Å². The van der Waals surface area contributed by atoms with Crippen molar-refractivity contribution >= 4 is 5.69 Å². The average molecular weight is 270 g/mol. The first kappa shape index (κ1) is 13.1. The lowest BCUT2D eigenvalue weighted by Crippen LogP contribution is -2.46. The Balaban J connectivity index is 1.85. The molecule has 1 heterocycles. The molecule has 1 saturated heterocycles. The molecule has 0 amide bonds. The van der Waals surface area contributed by atoms with Crippen molar-refractivity contribution in [1.29, 1.82) is 0 Å². The Morgan fingerprint density at radius 1 is 0.950 bits per heavy atom. The van der Waals surface area contributed by atoms with Crippen molar-refractivity contribution < 1.29 is 4.39 Å². The maximum absolute atomic E-state index is 13.9. The van der Waals surface area contributed by atoms with Gasteiger partial charge in [-0.1, -0.05) is 42.5 Å². The molecule has 20 heavy (non-hydrogen) atoms. The van der Waals surface area contributed by atoms with Crippen LogP contribution in [0.2, 0.25) is 0 Å². The minimum absolute atomic E-state index is 0.0774. The monoisotopic (exact) mass is 270 g/mol. The van der Waals surface area contributed by atoms with E-state index in [2.05, 4.69) is 17.0 Å². The number of halogens is 1. The highest BCUT2D eigenvalue weighted by atomic mass is 19.1. The van der Waals surface area contributed by atoms with Crippen molar-refractivity contribution in [3.05, 3.63) is 66.0 Å². The van der Waals surface area contributed by atoms with Gasteiger partial charge in [0.15, 0.2) is 0 Å². The number of nitrogens with two attached hydrogens (primary N) is 1. The van der Waals surface area contributed by atoms with E-state index in [1.54, 1.807) is 6.07 Å². The largest absolute Gasteiger partial charge is 0.367 e. The number of rotatable bonds is 2. The summed E-state index contributed by atoms with van der Waals surface area (Å²) in [6.45, 7) is 1.53. The smallest absolute Gasteiger partial charge is 0.146 e. The Kier molecular flexibility index (Phi) is 3.70. The molecule has 2 N–H and O–H groups in total.